The summed E-state index contributed by atoms with van der Waals surface area (Å²) in [6.07, 6.45) is 0.384. The summed E-state index contributed by atoms with van der Waals surface area (Å²) in [4.78, 5) is 20.4. The summed E-state index contributed by atoms with van der Waals surface area (Å²) in [6, 6.07) is -1.07. The van der Waals surface area contributed by atoms with Crippen LogP contribution >= 0.6 is 0 Å². The molecule has 0 aliphatic heterocycles. The van der Waals surface area contributed by atoms with Crippen molar-refractivity contribution in [3.8, 4) is 0 Å². The Morgan fingerprint density at radius 1 is 1.50 bits per heavy atom. The number of carboxylic acid groups (broad SMARTS) is 1. The van der Waals surface area contributed by atoms with Crippen molar-refractivity contribution in [2.24, 2.45) is 0 Å². The predicted molar refractivity (Wildman–Crippen MR) is 32.9 cm³/mol. The predicted octanol–water partition coefficient (Wildman–Crippen LogP) is -1.99. The van der Waals surface area contributed by atoms with Crippen LogP contribution in [0, 0.1) is 0 Å². The second kappa shape index (κ2) is 2.79. The normalized spacial score (nSPS) is 14.3. The van der Waals surface area contributed by atoms with Crippen molar-refractivity contribution >= 4 is 12.3 Å². The van der Waals surface area contributed by atoms with Crippen molar-refractivity contribution in [1.29, 1.82) is 0 Å². The number of carbonyl (C=O) groups excluding carboxylic acids is 2. The van der Waals surface area contributed by atoms with Gasteiger partial charge in [0.1, 0.15) is 5.97 Å². The highest BCUT2D eigenvalue weighted by atomic mass is 16.4. The molecular weight excluding hydrogens is 134 g/mol. The van der Waals surface area contributed by atoms with E-state index in [1.54, 1.807) is 21.1 Å². The lowest BCUT2D eigenvalue weighted by atomic mass is 10.3. The second-order valence-electron chi connectivity index (χ2n) is 3.02. The van der Waals surface area contributed by atoms with Crippen LogP contribution in [0.2, 0.25) is 0 Å². The molecule has 0 aliphatic rings. The molecule has 58 valence electrons. The molecule has 0 heterocycles. The van der Waals surface area contributed by atoms with E-state index >= 15 is 0 Å². The molecule has 0 radical (unpaired) electrons. The van der Waals surface area contributed by atoms with Crippen LogP contribution in [0.4, 0.5) is 0 Å². The molecule has 0 spiro atoms. The van der Waals surface area contributed by atoms with Crippen LogP contribution in [0.1, 0.15) is 0 Å². The first-order valence-electron chi connectivity index (χ1n) is 2.87. The first kappa shape index (κ1) is 9.10. The van der Waals surface area contributed by atoms with Crippen LogP contribution in [0.25, 0.3) is 0 Å². The summed E-state index contributed by atoms with van der Waals surface area (Å²) >= 11 is 0. The molecule has 0 aliphatic carbocycles. The molecule has 4 heteroatoms. The minimum Gasteiger partial charge on any atom is -0.544 e. The molecule has 1 unspecified atom stereocenters. The quantitative estimate of drug-likeness (QED) is 0.262. The second-order valence-corrected chi connectivity index (χ2v) is 3.02. The van der Waals surface area contributed by atoms with Gasteiger partial charge in [-0.05, 0) is 0 Å². The molecule has 0 aromatic heterocycles. The molecule has 0 bridgehead atoms. The minimum absolute atomic E-state index is 0.0613. The SMILES string of the molecule is C[N+](C)(C)C(C=O)C(=O)[O-]. The molecule has 1 atom stereocenters. The Kier molecular flexibility index (Phi) is 2.54. The fourth-order valence-corrected chi connectivity index (χ4v) is 0.554. The Labute approximate surface area is 59.7 Å². The molecule has 0 N–H and O–H groups in total. The van der Waals surface area contributed by atoms with Crippen LogP contribution in [0.3, 0.4) is 0 Å². The van der Waals surface area contributed by atoms with Crippen molar-refractivity contribution in [2.45, 2.75) is 6.04 Å². The average Bonchev–Trinajstić information content (AvgIpc) is 1.60. The zero-order valence-electron chi connectivity index (χ0n) is 6.33. The van der Waals surface area contributed by atoms with Gasteiger partial charge in [-0.25, -0.2) is 0 Å². The summed E-state index contributed by atoms with van der Waals surface area (Å²) in [6.45, 7) is 0. The third-order valence-corrected chi connectivity index (χ3v) is 1.20. The van der Waals surface area contributed by atoms with Gasteiger partial charge >= 0.3 is 0 Å². The van der Waals surface area contributed by atoms with Gasteiger partial charge in [0.15, 0.2) is 12.3 Å². The minimum atomic E-state index is -1.33. The van der Waals surface area contributed by atoms with Crippen molar-refractivity contribution in [3.05, 3.63) is 0 Å². The van der Waals surface area contributed by atoms with Gasteiger partial charge in [-0.3, -0.25) is 4.79 Å². The summed E-state index contributed by atoms with van der Waals surface area (Å²) in [5, 5.41) is 10.2. The largest absolute Gasteiger partial charge is 0.544 e. The number of carbonyl (C=O) groups is 2. The maximum atomic E-state index is 10.2. The third-order valence-electron chi connectivity index (χ3n) is 1.20. The van der Waals surface area contributed by atoms with Crippen LogP contribution in [-0.4, -0.2) is 43.9 Å². The number of aliphatic carboxylic acids is 1. The lowest BCUT2D eigenvalue weighted by Gasteiger charge is -2.30. The Morgan fingerprint density at radius 2 is 1.90 bits per heavy atom. The van der Waals surface area contributed by atoms with Crippen molar-refractivity contribution < 1.29 is 19.2 Å². The third kappa shape index (κ3) is 2.14. The topological polar surface area (TPSA) is 57.2 Å². The smallest absolute Gasteiger partial charge is 0.185 e. The first-order chi connectivity index (χ1) is 4.39. The Morgan fingerprint density at radius 3 is 1.90 bits per heavy atom. The van der Waals surface area contributed by atoms with Crippen molar-refractivity contribution in [3.63, 3.8) is 0 Å². The van der Waals surface area contributed by atoms with E-state index in [1.165, 1.54) is 0 Å². The van der Waals surface area contributed by atoms with E-state index in [0.29, 0.717) is 6.29 Å². The summed E-state index contributed by atoms with van der Waals surface area (Å²) < 4.78 is 0.0613. The lowest BCUT2D eigenvalue weighted by Crippen LogP contribution is -2.55. The molecule has 10 heavy (non-hydrogen) atoms. The Hall–Kier alpha value is -0.900. The van der Waals surface area contributed by atoms with E-state index in [0.717, 1.165) is 0 Å². The van der Waals surface area contributed by atoms with Gasteiger partial charge in [-0.15, -0.1) is 0 Å². The molecule has 4 nitrogen and oxygen atoms in total. The molecule has 0 fully saturated rings. The number of carboxylic acids is 1. The molecular formula is C6H11NO3. The van der Waals surface area contributed by atoms with Crippen molar-refractivity contribution in [2.75, 3.05) is 21.1 Å². The number of rotatable bonds is 3. The number of hydrogen-bond donors (Lipinski definition) is 0. The van der Waals surface area contributed by atoms with Gasteiger partial charge in [0.25, 0.3) is 0 Å². The first-order valence-corrected chi connectivity index (χ1v) is 2.87. The van der Waals surface area contributed by atoms with E-state index in [4.69, 9.17) is 0 Å². The maximum Gasteiger partial charge on any atom is 0.185 e. The Balaban J connectivity index is 4.36. The fraction of sp³-hybridized carbons (Fsp3) is 0.667. The molecule has 0 aromatic rings. The van der Waals surface area contributed by atoms with Crippen LogP contribution in [-0.2, 0) is 9.59 Å². The van der Waals surface area contributed by atoms with Gasteiger partial charge in [0.2, 0.25) is 0 Å². The number of aldehydes is 1. The number of likely N-dealkylation sites (N-methyl/N-ethyl adjacent to an activating group) is 1. The molecule has 0 rings (SSSR count). The molecule has 0 saturated heterocycles. The maximum absolute atomic E-state index is 10.2. The summed E-state index contributed by atoms with van der Waals surface area (Å²) in [5.41, 5.74) is 0. The number of hydrogen-bond acceptors (Lipinski definition) is 3. The van der Waals surface area contributed by atoms with Gasteiger partial charge in [-0.1, -0.05) is 0 Å². The van der Waals surface area contributed by atoms with Gasteiger partial charge < -0.3 is 14.4 Å². The van der Waals surface area contributed by atoms with Crippen LogP contribution in [0.5, 0.6) is 0 Å². The van der Waals surface area contributed by atoms with Crippen LogP contribution in [0.15, 0.2) is 0 Å². The molecule has 0 aromatic carbocycles. The van der Waals surface area contributed by atoms with Gasteiger partial charge in [0.05, 0.1) is 21.1 Å². The highest BCUT2D eigenvalue weighted by molar-refractivity contribution is 5.87. The monoisotopic (exact) mass is 145 g/mol. The average molecular weight is 145 g/mol. The zero-order chi connectivity index (χ0) is 8.36. The number of nitrogens with zero attached hydrogens (tertiary/aromatic N) is 1. The summed E-state index contributed by atoms with van der Waals surface area (Å²) in [7, 11) is 4.86. The lowest BCUT2D eigenvalue weighted by molar-refractivity contribution is -0.879. The Bertz CT molecular complexity index is 148. The molecule has 0 amide bonds. The van der Waals surface area contributed by atoms with E-state index < -0.39 is 12.0 Å². The number of quaternary nitrogens is 1. The summed E-state index contributed by atoms with van der Waals surface area (Å²) in [5.74, 6) is -1.33. The van der Waals surface area contributed by atoms with E-state index in [1.807, 2.05) is 0 Å². The van der Waals surface area contributed by atoms with Crippen LogP contribution < -0.4 is 5.11 Å². The molecule has 0 saturated carbocycles. The van der Waals surface area contributed by atoms with E-state index in [2.05, 4.69) is 0 Å². The highest BCUT2D eigenvalue weighted by Gasteiger charge is 2.23. The van der Waals surface area contributed by atoms with Crippen molar-refractivity contribution in [1.82, 2.24) is 0 Å². The van der Waals surface area contributed by atoms with Gasteiger partial charge in [-0.2, -0.15) is 0 Å². The highest BCUT2D eigenvalue weighted by Crippen LogP contribution is 1.97. The standard InChI is InChI=1S/C6H11NO3/c1-7(2,3)5(4-8)6(9)10/h4-5H,1-3H3. The van der Waals surface area contributed by atoms with E-state index in [9.17, 15) is 14.7 Å². The van der Waals surface area contributed by atoms with E-state index in [-0.39, 0.29) is 4.48 Å². The van der Waals surface area contributed by atoms with Gasteiger partial charge in [0, 0.05) is 0 Å². The zero-order valence-corrected chi connectivity index (χ0v) is 6.33. The fourth-order valence-electron chi connectivity index (χ4n) is 0.554.